The molecule has 82 valence electrons. The fourth-order valence-corrected chi connectivity index (χ4v) is 1.43. The van der Waals surface area contributed by atoms with Gasteiger partial charge in [-0.05, 0) is 11.5 Å². The summed E-state index contributed by atoms with van der Waals surface area (Å²) < 4.78 is 0. The molecule has 0 amide bonds. The molecule has 0 spiro atoms. The molecule has 15 heavy (non-hydrogen) atoms. The molecule has 2 atom stereocenters. The number of nitrogens with two attached hydrogens (primary N) is 1. The number of nitrogens with zero attached hydrogens (tertiary/aromatic N) is 1. The summed E-state index contributed by atoms with van der Waals surface area (Å²) in [6.07, 6.45) is 0.962. The van der Waals surface area contributed by atoms with Crippen molar-refractivity contribution in [2.75, 3.05) is 0 Å². The Bertz CT molecular complexity index is 352. The molecule has 0 saturated carbocycles. The van der Waals surface area contributed by atoms with E-state index in [0.29, 0.717) is 5.92 Å². The van der Waals surface area contributed by atoms with Crippen LogP contribution in [0.2, 0.25) is 0 Å². The standard InChI is InChI=1S/C11H16N2O2/c1-3-8(2)11(12)9-5-4-6-10(7-9)13(14)15/h4-8,11H,3,12H2,1-2H3/t8?,11-/m1/s1. The summed E-state index contributed by atoms with van der Waals surface area (Å²) in [5.74, 6) is 0.326. The van der Waals surface area contributed by atoms with Gasteiger partial charge in [0.25, 0.3) is 5.69 Å². The van der Waals surface area contributed by atoms with Crippen LogP contribution in [0.5, 0.6) is 0 Å². The summed E-state index contributed by atoms with van der Waals surface area (Å²) in [5.41, 5.74) is 6.93. The molecule has 4 nitrogen and oxygen atoms in total. The molecule has 0 aromatic heterocycles. The van der Waals surface area contributed by atoms with Crippen LogP contribution >= 0.6 is 0 Å². The second kappa shape index (κ2) is 4.89. The topological polar surface area (TPSA) is 69.2 Å². The third kappa shape index (κ3) is 2.76. The lowest BCUT2D eigenvalue weighted by molar-refractivity contribution is -0.384. The lowest BCUT2D eigenvalue weighted by atomic mass is 9.93. The first-order chi connectivity index (χ1) is 7.06. The lowest BCUT2D eigenvalue weighted by Crippen LogP contribution is -2.18. The van der Waals surface area contributed by atoms with Gasteiger partial charge in [-0.2, -0.15) is 0 Å². The van der Waals surface area contributed by atoms with Crippen molar-refractivity contribution < 1.29 is 4.92 Å². The Labute approximate surface area is 89.2 Å². The van der Waals surface area contributed by atoms with Crippen LogP contribution in [0, 0.1) is 16.0 Å². The van der Waals surface area contributed by atoms with Crippen LogP contribution in [-0.2, 0) is 0 Å². The van der Waals surface area contributed by atoms with Crippen molar-refractivity contribution >= 4 is 5.69 Å². The molecule has 1 rings (SSSR count). The molecule has 0 aliphatic rings. The first kappa shape index (κ1) is 11.7. The van der Waals surface area contributed by atoms with E-state index in [4.69, 9.17) is 5.73 Å². The maximum absolute atomic E-state index is 10.6. The summed E-state index contributed by atoms with van der Waals surface area (Å²) in [6, 6.07) is 6.42. The number of nitro benzene ring substituents is 1. The number of benzene rings is 1. The van der Waals surface area contributed by atoms with Crippen molar-refractivity contribution in [3.63, 3.8) is 0 Å². The molecule has 4 heteroatoms. The highest BCUT2D eigenvalue weighted by Gasteiger charge is 2.15. The molecule has 0 bridgehead atoms. The number of non-ortho nitro benzene ring substituents is 1. The second-order valence-electron chi connectivity index (χ2n) is 3.76. The largest absolute Gasteiger partial charge is 0.324 e. The number of hydrogen-bond acceptors (Lipinski definition) is 3. The first-order valence-electron chi connectivity index (χ1n) is 5.06. The van der Waals surface area contributed by atoms with Gasteiger partial charge < -0.3 is 5.73 Å². The van der Waals surface area contributed by atoms with Crippen LogP contribution in [0.25, 0.3) is 0 Å². The van der Waals surface area contributed by atoms with Gasteiger partial charge in [0.05, 0.1) is 4.92 Å². The lowest BCUT2D eigenvalue weighted by Gasteiger charge is -2.18. The van der Waals surface area contributed by atoms with Gasteiger partial charge in [0.1, 0.15) is 0 Å². The summed E-state index contributed by atoms with van der Waals surface area (Å²) in [4.78, 5) is 10.2. The average molecular weight is 208 g/mol. The highest BCUT2D eigenvalue weighted by Crippen LogP contribution is 2.24. The Balaban J connectivity index is 2.94. The molecule has 1 aromatic carbocycles. The van der Waals surface area contributed by atoms with Gasteiger partial charge in [0, 0.05) is 18.2 Å². The van der Waals surface area contributed by atoms with E-state index in [0.717, 1.165) is 12.0 Å². The molecule has 0 saturated heterocycles. The predicted molar refractivity (Wildman–Crippen MR) is 59.5 cm³/mol. The Morgan fingerprint density at radius 2 is 2.20 bits per heavy atom. The third-order valence-corrected chi connectivity index (χ3v) is 2.72. The highest BCUT2D eigenvalue weighted by atomic mass is 16.6. The fourth-order valence-electron chi connectivity index (χ4n) is 1.43. The van der Waals surface area contributed by atoms with Gasteiger partial charge >= 0.3 is 0 Å². The summed E-state index contributed by atoms with van der Waals surface area (Å²) >= 11 is 0. The number of rotatable bonds is 4. The third-order valence-electron chi connectivity index (χ3n) is 2.72. The molecule has 0 aliphatic carbocycles. The van der Waals surface area contributed by atoms with Crippen LogP contribution in [0.3, 0.4) is 0 Å². The van der Waals surface area contributed by atoms with E-state index in [1.165, 1.54) is 6.07 Å². The van der Waals surface area contributed by atoms with E-state index in [2.05, 4.69) is 6.92 Å². The Morgan fingerprint density at radius 3 is 2.73 bits per heavy atom. The van der Waals surface area contributed by atoms with Crippen molar-refractivity contribution in [3.8, 4) is 0 Å². The molecule has 1 aromatic rings. The van der Waals surface area contributed by atoms with Crippen molar-refractivity contribution in [2.24, 2.45) is 11.7 Å². The molecule has 0 aliphatic heterocycles. The molecule has 2 N–H and O–H groups in total. The smallest absolute Gasteiger partial charge is 0.269 e. The van der Waals surface area contributed by atoms with Gasteiger partial charge in [-0.3, -0.25) is 10.1 Å². The quantitative estimate of drug-likeness (QED) is 0.610. The minimum absolute atomic E-state index is 0.103. The Hall–Kier alpha value is -1.42. The monoisotopic (exact) mass is 208 g/mol. The van der Waals surface area contributed by atoms with Crippen LogP contribution in [-0.4, -0.2) is 4.92 Å². The number of nitro groups is 1. The molecule has 0 heterocycles. The predicted octanol–water partition coefficient (Wildman–Crippen LogP) is 2.64. The second-order valence-corrected chi connectivity index (χ2v) is 3.76. The van der Waals surface area contributed by atoms with Crippen LogP contribution in [0.1, 0.15) is 31.9 Å². The normalized spacial score (nSPS) is 14.6. The van der Waals surface area contributed by atoms with E-state index in [-0.39, 0.29) is 11.7 Å². The van der Waals surface area contributed by atoms with Crippen molar-refractivity contribution in [1.29, 1.82) is 0 Å². The van der Waals surface area contributed by atoms with Gasteiger partial charge in [-0.1, -0.05) is 32.4 Å². The summed E-state index contributed by atoms with van der Waals surface area (Å²) in [6.45, 7) is 4.10. The van der Waals surface area contributed by atoms with Gasteiger partial charge in [0.2, 0.25) is 0 Å². The van der Waals surface area contributed by atoms with Crippen LogP contribution in [0.15, 0.2) is 24.3 Å². The average Bonchev–Trinajstić information content (AvgIpc) is 2.27. The van der Waals surface area contributed by atoms with Crippen LogP contribution < -0.4 is 5.73 Å². The van der Waals surface area contributed by atoms with Crippen molar-refractivity contribution in [1.82, 2.24) is 0 Å². The summed E-state index contributed by atoms with van der Waals surface area (Å²) in [7, 11) is 0. The first-order valence-corrected chi connectivity index (χ1v) is 5.06. The maximum atomic E-state index is 10.6. The summed E-state index contributed by atoms with van der Waals surface area (Å²) in [5, 5.41) is 10.6. The maximum Gasteiger partial charge on any atom is 0.269 e. The molecular weight excluding hydrogens is 192 g/mol. The Kier molecular flexibility index (Phi) is 3.80. The molecular formula is C11H16N2O2. The molecule has 1 unspecified atom stereocenters. The van der Waals surface area contributed by atoms with Gasteiger partial charge in [-0.25, -0.2) is 0 Å². The highest BCUT2D eigenvalue weighted by molar-refractivity contribution is 5.35. The Morgan fingerprint density at radius 1 is 1.53 bits per heavy atom. The van der Waals surface area contributed by atoms with Crippen molar-refractivity contribution in [2.45, 2.75) is 26.3 Å². The number of hydrogen-bond donors (Lipinski definition) is 1. The van der Waals surface area contributed by atoms with Crippen LogP contribution in [0.4, 0.5) is 5.69 Å². The van der Waals surface area contributed by atoms with Gasteiger partial charge in [0.15, 0.2) is 0 Å². The zero-order valence-corrected chi connectivity index (χ0v) is 9.01. The van der Waals surface area contributed by atoms with Gasteiger partial charge in [-0.15, -0.1) is 0 Å². The van der Waals surface area contributed by atoms with E-state index in [1.54, 1.807) is 12.1 Å². The molecule has 0 fully saturated rings. The minimum Gasteiger partial charge on any atom is -0.324 e. The van der Waals surface area contributed by atoms with E-state index >= 15 is 0 Å². The van der Waals surface area contributed by atoms with E-state index < -0.39 is 4.92 Å². The molecule has 0 radical (unpaired) electrons. The SMILES string of the molecule is CCC(C)[C@@H](N)c1cccc([N+](=O)[O-])c1. The minimum atomic E-state index is -0.396. The van der Waals surface area contributed by atoms with E-state index in [9.17, 15) is 10.1 Å². The zero-order chi connectivity index (χ0) is 11.4. The van der Waals surface area contributed by atoms with E-state index in [1.807, 2.05) is 13.0 Å². The zero-order valence-electron chi connectivity index (χ0n) is 9.01. The fraction of sp³-hybridized carbons (Fsp3) is 0.455. The van der Waals surface area contributed by atoms with Crippen molar-refractivity contribution in [3.05, 3.63) is 39.9 Å².